The van der Waals surface area contributed by atoms with Crippen molar-refractivity contribution < 1.29 is 37.1 Å². The second-order valence-corrected chi connectivity index (χ2v) is 11.3. The van der Waals surface area contributed by atoms with E-state index in [4.69, 9.17) is 4.52 Å². The Balaban J connectivity index is 1.58. The third-order valence-electron chi connectivity index (χ3n) is 6.78. The first-order valence-electron chi connectivity index (χ1n) is 12.5. The predicted molar refractivity (Wildman–Crippen MR) is 141 cm³/mol. The van der Waals surface area contributed by atoms with Crippen LogP contribution in [0.15, 0.2) is 42.6 Å². The van der Waals surface area contributed by atoms with Crippen LogP contribution in [0.25, 0.3) is 10.9 Å². The van der Waals surface area contributed by atoms with Gasteiger partial charge in [0.05, 0.1) is 24.0 Å². The van der Waals surface area contributed by atoms with Crippen molar-refractivity contribution in [1.29, 1.82) is 0 Å². The fourth-order valence-electron chi connectivity index (χ4n) is 4.81. The largest absolute Gasteiger partial charge is 0.358 e. The Bertz CT molecular complexity index is 1490. The Morgan fingerprint density at radius 3 is 2.67 bits per heavy atom. The van der Waals surface area contributed by atoms with E-state index in [1.54, 1.807) is 26.0 Å². The van der Waals surface area contributed by atoms with Crippen LogP contribution in [-0.2, 0) is 31.8 Å². The lowest BCUT2D eigenvalue weighted by Crippen LogP contribution is -2.46. The van der Waals surface area contributed by atoms with Crippen molar-refractivity contribution in [2.45, 2.75) is 52.5 Å². The highest BCUT2D eigenvalue weighted by Crippen LogP contribution is 2.41. The van der Waals surface area contributed by atoms with Gasteiger partial charge in [0.1, 0.15) is 24.6 Å². The first-order valence-corrected chi connectivity index (χ1v) is 14.1. The number of carbonyl (C=O) groups is 3. The van der Waals surface area contributed by atoms with E-state index in [0.29, 0.717) is 22.0 Å². The highest BCUT2D eigenvalue weighted by atomic mass is 31.2. The van der Waals surface area contributed by atoms with Gasteiger partial charge in [0.15, 0.2) is 5.78 Å². The SMILES string of the molecule is CCOP(=O)(O)c1ccc2c(C(C)=O)cn(CC(=O)N3C[C@H](F)C[C@H]3C(=O)NCc3cccc(C)c3F)c2c1. The first-order chi connectivity index (χ1) is 18.4. The molecule has 2 heterocycles. The van der Waals surface area contributed by atoms with Crippen LogP contribution in [0.3, 0.4) is 0 Å². The van der Waals surface area contributed by atoms with Crippen molar-refractivity contribution in [2.24, 2.45) is 0 Å². The molecule has 2 aromatic carbocycles. The average Bonchev–Trinajstić information content (AvgIpc) is 3.45. The quantitative estimate of drug-likeness (QED) is 0.306. The van der Waals surface area contributed by atoms with Gasteiger partial charge >= 0.3 is 7.60 Å². The van der Waals surface area contributed by atoms with Crippen LogP contribution in [0.4, 0.5) is 8.78 Å². The van der Waals surface area contributed by atoms with Gasteiger partial charge in [-0.2, -0.15) is 0 Å². The number of hydrogen-bond donors (Lipinski definition) is 2. The molecule has 1 unspecified atom stereocenters. The molecule has 2 N–H and O–H groups in total. The number of carbonyl (C=O) groups excluding carboxylic acids is 3. The highest BCUT2D eigenvalue weighted by molar-refractivity contribution is 7.61. The molecular weight excluding hydrogens is 531 g/mol. The number of benzene rings is 2. The van der Waals surface area contributed by atoms with Gasteiger partial charge in [-0.1, -0.05) is 24.3 Å². The molecule has 3 aromatic rings. The molecule has 2 amide bonds. The molecule has 9 nitrogen and oxygen atoms in total. The van der Waals surface area contributed by atoms with Crippen molar-refractivity contribution in [3.8, 4) is 0 Å². The van der Waals surface area contributed by atoms with E-state index in [1.165, 1.54) is 42.0 Å². The standard InChI is InChI=1S/C27H30F2N3O6P/c1-4-38-39(36,37)20-8-9-21-22(17(3)33)14-31(23(21)11-20)15-25(34)32-13-19(28)10-24(32)27(35)30-12-18-7-5-6-16(2)26(18)29/h5-9,11,14,19,24H,4,10,12-13,15H2,1-3H3,(H,30,35)(H,36,37)/t19-,24+/m1/s1. The predicted octanol–water partition coefficient (Wildman–Crippen LogP) is 3.39. The van der Waals surface area contributed by atoms with Crippen LogP contribution >= 0.6 is 7.60 Å². The third kappa shape index (κ3) is 5.95. The molecule has 4 rings (SSSR count). The minimum absolute atomic E-state index is 0.00331. The van der Waals surface area contributed by atoms with Crippen LogP contribution in [-0.4, -0.2) is 57.3 Å². The Morgan fingerprint density at radius 1 is 1.23 bits per heavy atom. The van der Waals surface area contributed by atoms with Gasteiger partial charge in [-0.3, -0.25) is 18.9 Å². The molecule has 1 saturated heterocycles. The summed E-state index contributed by atoms with van der Waals surface area (Å²) in [4.78, 5) is 49.9. The zero-order valence-corrected chi connectivity index (χ0v) is 22.7. The van der Waals surface area contributed by atoms with Gasteiger partial charge in [-0.05, 0) is 38.5 Å². The van der Waals surface area contributed by atoms with Gasteiger partial charge in [-0.25, -0.2) is 8.78 Å². The van der Waals surface area contributed by atoms with E-state index < -0.39 is 37.4 Å². The number of likely N-dealkylation sites (tertiary alicyclic amines) is 1. The number of alkyl halides is 1. The Kier molecular flexibility index (Phi) is 8.34. The van der Waals surface area contributed by atoms with Gasteiger partial charge in [0.2, 0.25) is 11.8 Å². The summed E-state index contributed by atoms with van der Waals surface area (Å²) in [5.41, 5.74) is 1.34. The third-order valence-corrected chi connectivity index (χ3v) is 8.32. The van der Waals surface area contributed by atoms with Crippen LogP contribution in [0.5, 0.6) is 0 Å². The average molecular weight is 562 g/mol. The Labute approximate surface area is 224 Å². The number of halogens is 2. The molecule has 1 aliphatic rings. The maximum absolute atomic E-state index is 14.4. The molecule has 1 aliphatic heterocycles. The zero-order valence-electron chi connectivity index (χ0n) is 21.8. The van der Waals surface area contributed by atoms with E-state index >= 15 is 0 Å². The van der Waals surface area contributed by atoms with Crippen molar-refractivity contribution in [3.63, 3.8) is 0 Å². The number of nitrogens with one attached hydrogen (secondary N) is 1. The number of fused-ring (bicyclic) bond motifs is 1. The molecule has 3 atom stereocenters. The van der Waals surface area contributed by atoms with Crippen LogP contribution in [0.1, 0.15) is 41.8 Å². The fraction of sp³-hybridized carbons (Fsp3) is 0.370. The second-order valence-electron chi connectivity index (χ2n) is 9.53. The van der Waals surface area contributed by atoms with Crippen LogP contribution in [0.2, 0.25) is 0 Å². The lowest BCUT2D eigenvalue weighted by Gasteiger charge is -2.24. The van der Waals surface area contributed by atoms with Gasteiger partial charge in [0, 0.05) is 35.7 Å². The summed E-state index contributed by atoms with van der Waals surface area (Å²) in [5, 5.41) is 3.06. The van der Waals surface area contributed by atoms with Gasteiger partial charge < -0.3 is 24.2 Å². The topological polar surface area (TPSA) is 118 Å². The summed E-state index contributed by atoms with van der Waals surface area (Å²) in [7, 11) is -4.13. The molecule has 208 valence electrons. The molecule has 12 heteroatoms. The Hall–Kier alpha value is -3.40. The Morgan fingerprint density at radius 2 is 1.97 bits per heavy atom. The number of rotatable bonds is 9. The fourth-order valence-corrected chi connectivity index (χ4v) is 5.85. The molecule has 1 fully saturated rings. The van der Waals surface area contributed by atoms with Crippen molar-refractivity contribution in [3.05, 3.63) is 65.1 Å². The molecule has 39 heavy (non-hydrogen) atoms. The van der Waals surface area contributed by atoms with Crippen LogP contribution in [0, 0.1) is 12.7 Å². The van der Waals surface area contributed by atoms with E-state index in [0.717, 1.165) is 4.90 Å². The number of hydrogen-bond acceptors (Lipinski definition) is 5. The molecule has 0 aliphatic carbocycles. The summed E-state index contributed by atoms with van der Waals surface area (Å²) >= 11 is 0. The van der Waals surface area contributed by atoms with E-state index in [-0.39, 0.29) is 49.3 Å². The van der Waals surface area contributed by atoms with E-state index in [2.05, 4.69) is 5.32 Å². The summed E-state index contributed by atoms with van der Waals surface area (Å²) in [6.45, 7) is 3.79. The number of amides is 2. The molecule has 0 saturated carbocycles. The van der Waals surface area contributed by atoms with Crippen molar-refractivity contribution in [2.75, 3.05) is 13.2 Å². The lowest BCUT2D eigenvalue weighted by atomic mass is 10.1. The number of Topliss-reactive ketones (excluding diaryl/α,β-unsaturated/α-hetero) is 1. The maximum Gasteiger partial charge on any atom is 0.358 e. The molecule has 1 aromatic heterocycles. The number of ketones is 1. The smallest absolute Gasteiger partial charge is 0.350 e. The summed E-state index contributed by atoms with van der Waals surface area (Å²) in [6.07, 6.45) is -0.172. The minimum Gasteiger partial charge on any atom is -0.350 e. The number of aryl methyl sites for hydroxylation is 1. The van der Waals surface area contributed by atoms with Crippen molar-refractivity contribution >= 4 is 41.4 Å². The molecule has 0 spiro atoms. The summed E-state index contributed by atoms with van der Waals surface area (Å²) in [5.74, 6) is -1.91. The van der Waals surface area contributed by atoms with Crippen LogP contribution < -0.4 is 10.6 Å². The second kappa shape index (κ2) is 11.4. The van der Waals surface area contributed by atoms with Gasteiger partial charge in [0.25, 0.3) is 0 Å². The lowest BCUT2D eigenvalue weighted by molar-refractivity contribution is -0.139. The minimum atomic E-state index is -4.13. The highest BCUT2D eigenvalue weighted by Gasteiger charge is 2.40. The van der Waals surface area contributed by atoms with Gasteiger partial charge in [-0.15, -0.1) is 0 Å². The van der Waals surface area contributed by atoms with E-state index in [9.17, 15) is 32.6 Å². The monoisotopic (exact) mass is 561 g/mol. The molecule has 0 radical (unpaired) electrons. The summed E-state index contributed by atoms with van der Waals surface area (Å²) < 4.78 is 47.8. The molecular formula is C27H30F2N3O6P. The summed E-state index contributed by atoms with van der Waals surface area (Å²) in [6, 6.07) is 7.99. The first kappa shape index (κ1) is 28.6. The maximum atomic E-state index is 14.4. The zero-order chi connectivity index (χ0) is 28.5. The van der Waals surface area contributed by atoms with Crippen molar-refractivity contribution in [1.82, 2.24) is 14.8 Å². The number of aromatic nitrogens is 1. The van der Waals surface area contributed by atoms with E-state index in [1.807, 2.05) is 0 Å². The normalized spacial score (nSPS) is 18.8. The number of nitrogens with zero attached hydrogens (tertiary/aromatic N) is 2. The molecule has 0 bridgehead atoms.